The predicted molar refractivity (Wildman–Crippen MR) is 120 cm³/mol. The van der Waals surface area contributed by atoms with Gasteiger partial charge in [0.15, 0.2) is 5.82 Å². The molecule has 1 fully saturated rings. The molecule has 0 bridgehead atoms. The van der Waals surface area contributed by atoms with E-state index >= 15 is 0 Å². The molecule has 0 saturated heterocycles. The summed E-state index contributed by atoms with van der Waals surface area (Å²) in [6.45, 7) is 2.33. The molecule has 182 valence electrons. The number of aryl methyl sites for hydroxylation is 2. The van der Waals surface area contributed by atoms with Gasteiger partial charge in [-0.2, -0.15) is 13.9 Å². The number of rotatable bonds is 5. The molecule has 8 nitrogen and oxygen atoms in total. The smallest absolute Gasteiger partial charge is 0.342 e. The fraction of sp³-hybridized carbons (Fsp3) is 0.391. The van der Waals surface area contributed by atoms with Crippen LogP contribution >= 0.6 is 0 Å². The van der Waals surface area contributed by atoms with Gasteiger partial charge < -0.3 is 9.88 Å². The number of nitrogens with zero attached hydrogens (tertiary/aromatic N) is 7. The highest BCUT2D eigenvalue weighted by Gasteiger charge is 2.54. The Kier molecular flexibility index (Phi) is 4.61. The van der Waals surface area contributed by atoms with E-state index in [1.165, 1.54) is 4.57 Å². The Bertz CT molecular complexity index is 1430. The lowest BCUT2D eigenvalue weighted by Gasteiger charge is -2.47. The summed E-state index contributed by atoms with van der Waals surface area (Å²) in [4.78, 5) is 4.45. The SMILES string of the molecule is Cc1cnc(Nc2ccnn2C)cc1-c1cc2n(c1)CC1(CCC1)n1c-2nnc1C(F)(F)C(F)F. The van der Waals surface area contributed by atoms with Gasteiger partial charge in [0, 0.05) is 37.6 Å². The molecular formula is C23H22F4N8. The third kappa shape index (κ3) is 3.18. The number of aromatic nitrogens is 7. The van der Waals surface area contributed by atoms with Gasteiger partial charge in [0.05, 0.1) is 17.4 Å². The quantitative estimate of drug-likeness (QED) is 0.409. The maximum Gasteiger partial charge on any atom is 0.365 e. The van der Waals surface area contributed by atoms with Crippen molar-refractivity contribution >= 4 is 11.6 Å². The largest absolute Gasteiger partial charge is 0.365 e. The van der Waals surface area contributed by atoms with Gasteiger partial charge in [0.25, 0.3) is 0 Å². The zero-order valence-corrected chi connectivity index (χ0v) is 19.0. The molecule has 1 aliphatic carbocycles. The molecule has 6 rings (SSSR count). The Labute approximate surface area is 197 Å². The van der Waals surface area contributed by atoms with Crippen molar-refractivity contribution in [3.05, 3.63) is 48.2 Å². The lowest BCUT2D eigenvalue weighted by atomic mass is 9.75. The topological polar surface area (TPSA) is 78.4 Å². The van der Waals surface area contributed by atoms with Crippen LogP contribution in [0, 0.1) is 6.92 Å². The van der Waals surface area contributed by atoms with Crippen LogP contribution in [0.3, 0.4) is 0 Å². The molecule has 1 spiro atoms. The molecular weight excluding hydrogens is 464 g/mol. The van der Waals surface area contributed by atoms with Crippen LogP contribution in [0.1, 0.15) is 30.7 Å². The van der Waals surface area contributed by atoms with Crippen LogP contribution in [0.25, 0.3) is 22.6 Å². The number of anilines is 2. The minimum atomic E-state index is -4.38. The average Bonchev–Trinajstić information content (AvgIpc) is 3.51. The first-order valence-corrected chi connectivity index (χ1v) is 11.2. The number of halogens is 4. The van der Waals surface area contributed by atoms with Crippen molar-refractivity contribution in [2.75, 3.05) is 5.32 Å². The van der Waals surface area contributed by atoms with Crippen LogP contribution in [0.4, 0.5) is 29.2 Å². The van der Waals surface area contributed by atoms with Crippen molar-refractivity contribution in [2.24, 2.45) is 7.05 Å². The normalized spacial score (nSPS) is 16.3. The maximum absolute atomic E-state index is 14.4. The van der Waals surface area contributed by atoms with E-state index in [0.29, 0.717) is 30.9 Å². The van der Waals surface area contributed by atoms with Gasteiger partial charge in [-0.05, 0) is 49.4 Å². The summed E-state index contributed by atoms with van der Waals surface area (Å²) in [6, 6.07) is 5.58. The Morgan fingerprint density at radius 1 is 1.17 bits per heavy atom. The number of alkyl halides is 4. The molecule has 0 amide bonds. The number of hydrogen-bond acceptors (Lipinski definition) is 5. The summed E-state index contributed by atoms with van der Waals surface area (Å²) in [5.41, 5.74) is 2.52. The minimum Gasteiger partial charge on any atom is -0.342 e. The second kappa shape index (κ2) is 7.40. The van der Waals surface area contributed by atoms with Crippen LogP contribution < -0.4 is 5.32 Å². The molecule has 4 aromatic heterocycles. The van der Waals surface area contributed by atoms with E-state index in [4.69, 9.17) is 0 Å². The van der Waals surface area contributed by atoms with Gasteiger partial charge in [-0.3, -0.25) is 9.25 Å². The van der Waals surface area contributed by atoms with E-state index in [9.17, 15) is 17.6 Å². The fourth-order valence-corrected chi connectivity index (χ4v) is 5.07. The van der Waals surface area contributed by atoms with Crippen molar-refractivity contribution in [1.82, 2.24) is 34.1 Å². The van der Waals surface area contributed by atoms with Crippen molar-refractivity contribution in [1.29, 1.82) is 0 Å². The van der Waals surface area contributed by atoms with Crippen molar-refractivity contribution in [3.8, 4) is 22.6 Å². The van der Waals surface area contributed by atoms with Gasteiger partial charge in [-0.25, -0.2) is 13.8 Å². The molecule has 2 aliphatic rings. The molecule has 0 unspecified atom stereocenters. The highest BCUT2D eigenvalue weighted by molar-refractivity contribution is 5.75. The molecule has 0 aromatic carbocycles. The Hall–Kier alpha value is -3.70. The molecule has 1 saturated carbocycles. The molecule has 5 heterocycles. The number of hydrogen-bond donors (Lipinski definition) is 1. The third-order valence-electron chi connectivity index (χ3n) is 7.08. The van der Waals surface area contributed by atoms with E-state index < -0.39 is 23.7 Å². The second-order valence-corrected chi connectivity index (χ2v) is 9.28. The standard InChI is InChI=1S/C23H22F4N8/c1-13-10-28-17(30-18-4-7-29-33(18)2)9-15(13)14-8-16-19-31-32-21(23(26,27)20(24)25)35(19)22(5-3-6-22)12-34(16)11-14/h4,7-11,20H,3,5-6,12H2,1-2H3,(H,28,30). The number of fused-ring (bicyclic) bond motifs is 4. The molecule has 0 radical (unpaired) electrons. The van der Waals surface area contributed by atoms with Gasteiger partial charge in [-0.15, -0.1) is 10.2 Å². The van der Waals surface area contributed by atoms with Crippen molar-refractivity contribution in [3.63, 3.8) is 0 Å². The van der Waals surface area contributed by atoms with Crippen LogP contribution in [-0.4, -0.2) is 40.5 Å². The highest BCUT2D eigenvalue weighted by atomic mass is 19.3. The van der Waals surface area contributed by atoms with Crippen LogP contribution in [0.5, 0.6) is 0 Å². The summed E-state index contributed by atoms with van der Waals surface area (Å²) in [6.07, 6.45) is 3.55. The summed E-state index contributed by atoms with van der Waals surface area (Å²) >= 11 is 0. The monoisotopic (exact) mass is 486 g/mol. The third-order valence-corrected chi connectivity index (χ3v) is 7.08. The van der Waals surface area contributed by atoms with Crippen LogP contribution in [0.2, 0.25) is 0 Å². The maximum atomic E-state index is 14.4. The summed E-state index contributed by atoms with van der Waals surface area (Å²) < 4.78 is 60.3. The Morgan fingerprint density at radius 3 is 2.63 bits per heavy atom. The molecule has 1 aliphatic heterocycles. The molecule has 4 aromatic rings. The van der Waals surface area contributed by atoms with E-state index in [0.717, 1.165) is 28.9 Å². The Morgan fingerprint density at radius 2 is 1.97 bits per heavy atom. The molecule has 12 heteroatoms. The fourth-order valence-electron chi connectivity index (χ4n) is 5.07. The van der Waals surface area contributed by atoms with E-state index in [2.05, 4.69) is 25.6 Å². The summed E-state index contributed by atoms with van der Waals surface area (Å²) in [7, 11) is 1.82. The minimum absolute atomic E-state index is 0.192. The molecule has 1 N–H and O–H groups in total. The van der Waals surface area contributed by atoms with Gasteiger partial charge in [0.1, 0.15) is 11.6 Å². The highest BCUT2D eigenvalue weighted by Crippen LogP contribution is 2.50. The Balaban J connectivity index is 1.44. The van der Waals surface area contributed by atoms with Gasteiger partial charge in [-0.1, -0.05) is 0 Å². The zero-order valence-electron chi connectivity index (χ0n) is 19.0. The first kappa shape index (κ1) is 21.8. The van der Waals surface area contributed by atoms with E-state index in [1.807, 2.05) is 42.9 Å². The molecule has 35 heavy (non-hydrogen) atoms. The van der Waals surface area contributed by atoms with Gasteiger partial charge >= 0.3 is 12.3 Å². The summed E-state index contributed by atoms with van der Waals surface area (Å²) in [5.74, 6) is -3.75. The van der Waals surface area contributed by atoms with Crippen molar-refractivity contribution < 1.29 is 17.6 Å². The first-order chi connectivity index (χ1) is 16.7. The zero-order chi connectivity index (χ0) is 24.5. The lowest BCUT2D eigenvalue weighted by molar-refractivity contribution is -0.146. The van der Waals surface area contributed by atoms with Crippen LogP contribution in [0.15, 0.2) is 36.8 Å². The first-order valence-electron chi connectivity index (χ1n) is 11.2. The lowest BCUT2D eigenvalue weighted by Crippen LogP contribution is -2.49. The number of pyridine rings is 1. The van der Waals surface area contributed by atoms with E-state index in [1.54, 1.807) is 17.1 Å². The van der Waals surface area contributed by atoms with Crippen LogP contribution in [-0.2, 0) is 25.1 Å². The predicted octanol–water partition coefficient (Wildman–Crippen LogP) is 4.84. The second-order valence-electron chi connectivity index (χ2n) is 9.28. The average molecular weight is 486 g/mol. The van der Waals surface area contributed by atoms with E-state index in [-0.39, 0.29) is 5.82 Å². The van der Waals surface area contributed by atoms with Crippen molar-refractivity contribution in [2.45, 2.75) is 50.6 Å². The number of nitrogens with one attached hydrogen (secondary N) is 1. The van der Waals surface area contributed by atoms with Gasteiger partial charge in [0.2, 0.25) is 5.82 Å². The summed E-state index contributed by atoms with van der Waals surface area (Å²) in [5, 5.41) is 14.9. The molecule has 0 atom stereocenters.